The summed E-state index contributed by atoms with van der Waals surface area (Å²) in [5.74, 6) is 1.12. The monoisotopic (exact) mass is 380 g/mol. The molecular formula is C20H20N4O2S. The van der Waals surface area contributed by atoms with E-state index in [1.54, 1.807) is 4.90 Å². The molecule has 138 valence electrons. The molecule has 27 heavy (non-hydrogen) atoms. The molecule has 0 fully saturated rings. The third kappa shape index (κ3) is 3.98. The molecule has 2 amide bonds. The summed E-state index contributed by atoms with van der Waals surface area (Å²) in [6, 6.07) is 15.6. The van der Waals surface area contributed by atoms with Crippen molar-refractivity contribution in [2.24, 2.45) is 0 Å². The SMILES string of the molecule is O=C(CN1C(=O)CSc2ccccc21)NCCCc1nc2ccccc2[nH]1. The maximum atomic E-state index is 12.3. The summed E-state index contributed by atoms with van der Waals surface area (Å²) in [6.07, 6.45) is 1.54. The number of aryl methyl sites for hydroxylation is 1. The summed E-state index contributed by atoms with van der Waals surface area (Å²) >= 11 is 1.52. The Morgan fingerprint density at radius 3 is 2.89 bits per heavy atom. The molecule has 0 bridgehead atoms. The van der Waals surface area contributed by atoms with Crippen molar-refractivity contribution in [3.8, 4) is 0 Å². The molecule has 4 rings (SSSR count). The van der Waals surface area contributed by atoms with Crippen LogP contribution in [0.3, 0.4) is 0 Å². The Kier molecular flexibility index (Phi) is 5.11. The molecule has 0 aliphatic carbocycles. The Balaban J connectivity index is 1.28. The first-order valence-corrected chi connectivity index (χ1v) is 9.92. The number of H-pyrrole nitrogens is 1. The van der Waals surface area contributed by atoms with Crippen molar-refractivity contribution >= 4 is 40.3 Å². The minimum Gasteiger partial charge on any atom is -0.355 e. The molecule has 0 atom stereocenters. The lowest BCUT2D eigenvalue weighted by atomic mass is 10.2. The van der Waals surface area contributed by atoms with Crippen molar-refractivity contribution in [2.45, 2.75) is 17.7 Å². The first-order valence-electron chi connectivity index (χ1n) is 8.93. The highest BCUT2D eigenvalue weighted by Gasteiger charge is 2.25. The molecule has 6 nitrogen and oxygen atoms in total. The van der Waals surface area contributed by atoms with E-state index in [1.165, 1.54) is 11.8 Å². The van der Waals surface area contributed by atoms with Crippen LogP contribution in [0.15, 0.2) is 53.4 Å². The van der Waals surface area contributed by atoms with Gasteiger partial charge in [-0.05, 0) is 30.7 Å². The van der Waals surface area contributed by atoms with Gasteiger partial charge in [0.2, 0.25) is 11.8 Å². The number of carbonyl (C=O) groups is 2. The van der Waals surface area contributed by atoms with E-state index in [1.807, 2.05) is 48.5 Å². The first kappa shape index (κ1) is 17.6. The molecule has 2 N–H and O–H groups in total. The van der Waals surface area contributed by atoms with Gasteiger partial charge in [-0.1, -0.05) is 24.3 Å². The van der Waals surface area contributed by atoms with E-state index in [4.69, 9.17) is 0 Å². The third-order valence-corrected chi connectivity index (χ3v) is 5.51. The summed E-state index contributed by atoms with van der Waals surface area (Å²) in [5, 5.41) is 2.90. The maximum Gasteiger partial charge on any atom is 0.240 e. The second-order valence-corrected chi connectivity index (χ2v) is 7.41. The zero-order chi connectivity index (χ0) is 18.6. The van der Waals surface area contributed by atoms with Crippen LogP contribution in [0.4, 0.5) is 5.69 Å². The van der Waals surface area contributed by atoms with E-state index in [0.717, 1.165) is 40.3 Å². The van der Waals surface area contributed by atoms with Crippen LogP contribution in [-0.2, 0) is 16.0 Å². The number of thioether (sulfide) groups is 1. The second kappa shape index (κ2) is 7.84. The van der Waals surface area contributed by atoms with Crippen LogP contribution in [0.5, 0.6) is 0 Å². The van der Waals surface area contributed by atoms with Crippen LogP contribution < -0.4 is 10.2 Å². The predicted molar refractivity (Wildman–Crippen MR) is 107 cm³/mol. The highest BCUT2D eigenvalue weighted by molar-refractivity contribution is 8.00. The van der Waals surface area contributed by atoms with Crippen molar-refractivity contribution in [3.63, 3.8) is 0 Å². The number of nitrogens with one attached hydrogen (secondary N) is 2. The molecule has 0 radical (unpaired) electrons. The quantitative estimate of drug-likeness (QED) is 0.645. The Morgan fingerprint density at radius 1 is 1.19 bits per heavy atom. The molecule has 0 unspecified atom stereocenters. The number of para-hydroxylation sites is 3. The number of imidazole rings is 1. The van der Waals surface area contributed by atoms with Gasteiger partial charge in [-0.15, -0.1) is 11.8 Å². The van der Waals surface area contributed by atoms with Gasteiger partial charge in [-0.2, -0.15) is 0 Å². The van der Waals surface area contributed by atoms with Gasteiger partial charge in [0.25, 0.3) is 0 Å². The number of anilines is 1. The number of amides is 2. The maximum absolute atomic E-state index is 12.3. The molecule has 1 aliphatic rings. The number of nitrogens with zero attached hydrogens (tertiary/aromatic N) is 2. The number of benzene rings is 2. The van der Waals surface area contributed by atoms with E-state index in [-0.39, 0.29) is 18.4 Å². The standard InChI is InChI=1S/C20H20N4O2S/c25-19(12-24-16-8-3-4-9-17(16)27-13-20(24)26)21-11-5-10-18-22-14-6-1-2-7-15(14)23-18/h1-4,6-9H,5,10-13H2,(H,21,25)(H,22,23). The van der Waals surface area contributed by atoms with Crippen LogP contribution in [0.2, 0.25) is 0 Å². The lowest BCUT2D eigenvalue weighted by molar-refractivity contribution is -0.122. The molecule has 0 saturated heterocycles. The van der Waals surface area contributed by atoms with E-state index in [2.05, 4.69) is 15.3 Å². The van der Waals surface area contributed by atoms with Crippen molar-refractivity contribution in [1.29, 1.82) is 0 Å². The van der Waals surface area contributed by atoms with Gasteiger partial charge in [-0.25, -0.2) is 4.98 Å². The number of carbonyl (C=O) groups excluding carboxylic acids is 2. The summed E-state index contributed by atoms with van der Waals surface area (Å²) in [4.78, 5) is 34.9. The lowest BCUT2D eigenvalue weighted by Gasteiger charge is -2.28. The summed E-state index contributed by atoms with van der Waals surface area (Å²) < 4.78 is 0. The normalized spacial score (nSPS) is 13.6. The molecule has 2 heterocycles. The highest BCUT2D eigenvalue weighted by atomic mass is 32.2. The van der Waals surface area contributed by atoms with Crippen LogP contribution in [0.25, 0.3) is 11.0 Å². The second-order valence-electron chi connectivity index (χ2n) is 6.39. The minimum absolute atomic E-state index is 0.0314. The van der Waals surface area contributed by atoms with Crippen molar-refractivity contribution in [2.75, 3.05) is 23.7 Å². The zero-order valence-corrected chi connectivity index (χ0v) is 15.6. The number of hydrogen-bond acceptors (Lipinski definition) is 4. The summed E-state index contributed by atoms with van der Waals surface area (Å²) in [6.45, 7) is 0.606. The van der Waals surface area contributed by atoms with Crippen LogP contribution in [-0.4, -0.2) is 40.6 Å². The van der Waals surface area contributed by atoms with Crippen LogP contribution in [0.1, 0.15) is 12.2 Å². The van der Waals surface area contributed by atoms with E-state index in [9.17, 15) is 9.59 Å². The third-order valence-electron chi connectivity index (χ3n) is 4.46. The Labute approximate surface area is 161 Å². The molecule has 2 aromatic carbocycles. The fraction of sp³-hybridized carbons (Fsp3) is 0.250. The number of hydrogen-bond donors (Lipinski definition) is 2. The van der Waals surface area contributed by atoms with Gasteiger partial charge in [0, 0.05) is 17.9 Å². The molecule has 1 aliphatic heterocycles. The fourth-order valence-electron chi connectivity index (χ4n) is 3.13. The van der Waals surface area contributed by atoms with Gasteiger partial charge in [0.15, 0.2) is 0 Å². The topological polar surface area (TPSA) is 78.1 Å². The molecule has 3 aromatic rings. The fourth-order valence-corrected chi connectivity index (χ4v) is 4.07. The Hall–Kier alpha value is -2.80. The smallest absolute Gasteiger partial charge is 0.240 e. The van der Waals surface area contributed by atoms with Gasteiger partial charge >= 0.3 is 0 Å². The van der Waals surface area contributed by atoms with Crippen molar-refractivity contribution in [1.82, 2.24) is 15.3 Å². The van der Waals surface area contributed by atoms with E-state index in [0.29, 0.717) is 12.3 Å². The molecule has 0 spiro atoms. The number of rotatable bonds is 6. The van der Waals surface area contributed by atoms with Crippen LogP contribution >= 0.6 is 11.8 Å². The molecule has 7 heteroatoms. The highest BCUT2D eigenvalue weighted by Crippen LogP contribution is 2.34. The van der Waals surface area contributed by atoms with Gasteiger partial charge in [0.05, 0.1) is 22.5 Å². The number of fused-ring (bicyclic) bond motifs is 2. The predicted octanol–water partition coefficient (Wildman–Crippen LogP) is 2.75. The average Bonchev–Trinajstić information content (AvgIpc) is 3.10. The summed E-state index contributed by atoms with van der Waals surface area (Å²) in [5.41, 5.74) is 2.80. The van der Waals surface area contributed by atoms with Crippen molar-refractivity contribution in [3.05, 3.63) is 54.4 Å². The molecule has 0 saturated carbocycles. The van der Waals surface area contributed by atoms with Gasteiger partial charge in [-0.3, -0.25) is 9.59 Å². The zero-order valence-electron chi connectivity index (χ0n) is 14.8. The average molecular weight is 380 g/mol. The first-order chi connectivity index (χ1) is 13.2. The molecular weight excluding hydrogens is 360 g/mol. The lowest BCUT2D eigenvalue weighted by Crippen LogP contribution is -2.43. The number of aromatic amines is 1. The van der Waals surface area contributed by atoms with Crippen LogP contribution in [0, 0.1) is 0 Å². The van der Waals surface area contributed by atoms with Gasteiger partial charge < -0.3 is 15.2 Å². The molecule has 1 aromatic heterocycles. The van der Waals surface area contributed by atoms with E-state index < -0.39 is 0 Å². The largest absolute Gasteiger partial charge is 0.355 e. The minimum atomic E-state index is -0.144. The van der Waals surface area contributed by atoms with E-state index >= 15 is 0 Å². The Morgan fingerprint density at radius 2 is 2.00 bits per heavy atom. The van der Waals surface area contributed by atoms with Crippen molar-refractivity contribution < 1.29 is 9.59 Å². The Bertz CT molecular complexity index is 952. The number of aromatic nitrogens is 2. The van der Waals surface area contributed by atoms with Gasteiger partial charge in [0.1, 0.15) is 12.4 Å². The summed E-state index contributed by atoms with van der Waals surface area (Å²) in [7, 11) is 0.